The summed E-state index contributed by atoms with van der Waals surface area (Å²) in [4.78, 5) is 10.1. The van der Waals surface area contributed by atoms with Crippen LogP contribution in [0.25, 0.3) is 0 Å². The second-order valence-corrected chi connectivity index (χ2v) is 4.70. The maximum atomic E-state index is 3.96. The first kappa shape index (κ1) is 9.68. The zero-order chi connectivity index (χ0) is 9.80. The van der Waals surface area contributed by atoms with Gasteiger partial charge in [0, 0.05) is 26.7 Å². The van der Waals surface area contributed by atoms with Gasteiger partial charge >= 0.3 is 0 Å². The molecular weight excluding hydrogens is 260 g/mol. The molecule has 0 radical (unpaired) electrons. The van der Waals surface area contributed by atoms with Crippen molar-refractivity contribution in [1.29, 1.82) is 0 Å². The van der Waals surface area contributed by atoms with Crippen molar-refractivity contribution in [2.45, 2.75) is 9.79 Å². The van der Waals surface area contributed by atoms with Crippen molar-refractivity contribution in [2.75, 3.05) is 0 Å². The molecule has 0 aliphatic rings. The van der Waals surface area contributed by atoms with Crippen LogP contribution in [-0.4, -0.2) is 9.97 Å². The number of halogens is 1. The standard InChI is InChI=1S/C10H7BrN2S/c11-8-2-1-3-9(4-8)14-10-5-12-7-13-6-10/h1-7H. The average Bonchev–Trinajstić information content (AvgIpc) is 2.19. The lowest BCUT2D eigenvalue weighted by Crippen LogP contribution is -1.78. The smallest absolute Gasteiger partial charge is 0.115 e. The van der Waals surface area contributed by atoms with Crippen LogP contribution < -0.4 is 0 Å². The largest absolute Gasteiger partial charge is 0.244 e. The van der Waals surface area contributed by atoms with Crippen LogP contribution in [0.1, 0.15) is 0 Å². The van der Waals surface area contributed by atoms with Gasteiger partial charge in [-0.2, -0.15) is 0 Å². The van der Waals surface area contributed by atoms with Gasteiger partial charge in [-0.15, -0.1) is 0 Å². The molecule has 1 aromatic heterocycles. The van der Waals surface area contributed by atoms with E-state index in [2.05, 4.69) is 38.0 Å². The topological polar surface area (TPSA) is 25.8 Å². The van der Waals surface area contributed by atoms with E-state index in [0.29, 0.717) is 0 Å². The molecule has 0 saturated carbocycles. The van der Waals surface area contributed by atoms with Crippen molar-refractivity contribution >= 4 is 27.7 Å². The van der Waals surface area contributed by atoms with Crippen molar-refractivity contribution in [3.8, 4) is 0 Å². The highest BCUT2D eigenvalue weighted by atomic mass is 79.9. The van der Waals surface area contributed by atoms with Gasteiger partial charge in [-0.1, -0.05) is 33.8 Å². The first-order valence-electron chi connectivity index (χ1n) is 4.03. The van der Waals surface area contributed by atoms with Gasteiger partial charge in [-0.3, -0.25) is 0 Å². The summed E-state index contributed by atoms with van der Waals surface area (Å²) in [6.07, 6.45) is 5.14. The maximum absolute atomic E-state index is 3.96. The number of rotatable bonds is 2. The van der Waals surface area contributed by atoms with E-state index in [9.17, 15) is 0 Å². The Morgan fingerprint density at radius 3 is 2.57 bits per heavy atom. The summed E-state index contributed by atoms with van der Waals surface area (Å²) in [5.41, 5.74) is 0. The van der Waals surface area contributed by atoms with Crippen molar-refractivity contribution in [3.63, 3.8) is 0 Å². The number of nitrogens with zero attached hydrogens (tertiary/aromatic N) is 2. The molecular formula is C10H7BrN2S. The molecule has 0 atom stereocenters. The molecule has 2 rings (SSSR count). The van der Waals surface area contributed by atoms with E-state index < -0.39 is 0 Å². The van der Waals surface area contributed by atoms with Crippen LogP contribution >= 0.6 is 27.7 Å². The second-order valence-electron chi connectivity index (χ2n) is 2.63. The third-order valence-corrected chi connectivity index (χ3v) is 3.00. The molecule has 2 aromatic rings. The molecule has 0 N–H and O–H groups in total. The summed E-state index contributed by atoms with van der Waals surface area (Å²) in [6.45, 7) is 0. The van der Waals surface area contributed by atoms with Gasteiger partial charge < -0.3 is 0 Å². The molecule has 0 bridgehead atoms. The van der Waals surface area contributed by atoms with Gasteiger partial charge in [0.05, 0.1) is 0 Å². The Bertz CT molecular complexity index is 419. The van der Waals surface area contributed by atoms with Gasteiger partial charge in [0.15, 0.2) is 0 Å². The Labute approximate surface area is 94.9 Å². The number of hydrogen-bond acceptors (Lipinski definition) is 3. The minimum atomic E-state index is 1.05. The number of aromatic nitrogens is 2. The van der Waals surface area contributed by atoms with Crippen LogP contribution in [-0.2, 0) is 0 Å². The Morgan fingerprint density at radius 1 is 1.07 bits per heavy atom. The average molecular weight is 267 g/mol. The molecule has 1 aromatic carbocycles. The Morgan fingerprint density at radius 2 is 1.86 bits per heavy atom. The van der Waals surface area contributed by atoms with E-state index in [0.717, 1.165) is 9.37 Å². The Hall–Kier alpha value is -0.870. The number of hydrogen-bond donors (Lipinski definition) is 0. The Kier molecular flexibility index (Phi) is 3.16. The molecule has 1 heterocycles. The fourth-order valence-corrected chi connectivity index (χ4v) is 2.39. The van der Waals surface area contributed by atoms with Crippen molar-refractivity contribution in [1.82, 2.24) is 9.97 Å². The number of benzene rings is 1. The van der Waals surface area contributed by atoms with Gasteiger partial charge in [-0.05, 0) is 18.2 Å². The summed E-state index contributed by atoms with van der Waals surface area (Å²) in [5, 5.41) is 0. The van der Waals surface area contributed by atoms with Crippen LogP contribution in [0.2, 0.25) is 0 Å². The van der Waals surface area contributed by atoms with E-state index in [4.69, 9.17) is 0 Å². The zero-order valence-corrected chi connectivity index (χ0v) is 9.62. The highest BCUT2D eigenvalue weighted by Gasteiger charge is 1.97. The van der Waals surface area contributed by atoms with Gasteiger partial charge in [-0.25, -0.2) is 9.97 Å². The molecule has 0 amide bonds. The molecule has 0 aliphatic carbocycles. The molecule has 0 unspecified atom stereocenters. The monoisotopic (exact) mass is 266 g/mol. The van der Waals surface area contributed by atoms with Crippen LogP contribution in [0.5, 0.6) is 0 Å². The van der Waals surface area contributed by atoms with E-state index in [1.165, 1.54) is 11.2 Å². The molecule has 0 aliphatic heterocycles. The molecule has 4 heteroatoms. The predicted molar refractivity (Wildman–Crippen MR) is 60.3 cm³/mol. The van der Waals surface area contributed by atoms with Crippen molar-refractivity contribution in [3.05, 3.63) is 47.5 Å². The summed E-state index contributed by atoms with van der Waals surface area (Å²) >= 11 is 5.08. The van der Waals surface area contributed by atoms with Gasteiger partial charge in [0.25, 0.3) is 0 Å². The quantitative estimate of drug-likeness (QED) is 0.834. The molecule has 2 nitrogen and oxygen atoms in total. The third-order valence-electron chi connectivity index (χ3n) is 1.57. The van der Waals surface area contributed by atoms with Gasteiger partial charge in [0.2, 0.25) is 0 Å². The minimum absolute atomic E-state index is 1.05. The van der Waals surface area contributed by atoms with Crippen LogP contribution in [0.3, 0.4) is 0 Å². The molecule has 0 spiro atoms. The molecule has 14 heavy (non-hydrogen) atoms. The Balaban J connectivity index is 2.19. The summed E-state index contributed by atoms with van der Waals surface area (Å²) in [7, 11) is 0. The SMILES string of the molecule is Brc1cccc(Sc2cncnc2)c1. The first-order valence-corrected chi connectivity index (χ1v) is 5.64. The lowest BCUT2D eigenvalue weighted by molar-refractivity contribution is 1.10. The van der Waals surface area contributed by atoms with E-state index in [-0.39, 0.29) is 0 Å². The summed E-state index contributed by atoms with van der Waals surface area (Å²) < 4.78 is 1.08. The third kappa shape index (κ3) is 2.56. The van der Waals surface area contributed by atoms with E-state index in [1.807, 2.05) is 12.1 Å². The zero-order valence-electron chi connectivity index (χ0n) is 7.22. The fraction of sp³-hybridized carbons (Fsp3) is 0. The predicted octanol–water partition coefficient (Wildman–Crippen LogP) is 3.39. The summed E-state index contributed by atoms with van der Waals surface area (Å²) in [5.74, 6) is 0. The highest BCUT2D eigenvalue weighted by molar-refractivity contribution is 9.10. The maximum Gasteiger partial charge on any atom is 0.115 e. The highest BCUT2D eigenvalue weighted by Crippen LogP contribution is 2.27. The lowest BCUT2D eigenvalue weighted by Gasteiger charge is -2.00. The van der Waals surface area contributed by atoms with Gasteiger partial charge in [0.1, 0.15) is 6.33 Å². The molecule has 0 saturated heterocycles. The fourth-order valence-electron chi connectivity index (χ4n) is 1.00. The van der Waals surface area contributed by atoms with E-state index in [1.54, 1.807) is 24.2 Å². The first-order chi connectivity index (χ1) is 6.84. The second kappa shape index (κ2) is 4.57. The van der Waals surface area contributed by atoms with Crippen LogP contribution in [0, 0.1) is 0 Å². The van der Waals surface area contributed by atoms with Crippen molar-refractivity contribution < 1.29 is 0 Å². The normalized spacial score (nSPS) is 10.1. The summed E-state index contributed by atoms with van der Waals surface area (Å²) in [6, 6.07) is 8.14. The van der Waals surface area contributed by atoms with Crippen molar-refractivity contribution in [2.24, 2.45) is 0 Å². The lowest BCUT2D eigenvalue weighted by atomic mass is 10.4. The molecule has 70 valence electrons. The minimum Gasteiger partial charge on any atom is -0.244 e. The molecule has 0 fully saturated rings. The van der Waals surface area contributed by atoms with Crippen LogP contribution in [0.15, 0.2) is 57.3 Å². The van der Waals surface area contributed by atoms with E-state index >= 15 is 0 Å². The van der Waals surface area contributed by atoms with Crippen LogP contribution in [0.4, 0.5) is 0 Å².